The number of nitrogens with zero attached hydrogens (tertiary/aromatic N) is 1. The van der Waals surface area contributed by atoms with E-state index in [1.165, 1.54) is 4.90 Å². The highest BCUT2D eigenvalue weighted by atomic mass is 79.9. The van der Waals surface area contributed by atoms with Crippen LogP contribution in [0.2, 0.25) is 0 Å². The summed E-state index contributed by atoms with van der Waals surface area (Å²) in [4.78, 5) is 13.7. The van der Waals surface area contributed by atoms with Gasteiger partial charge in [0.1, 0.15) is 11.5 Å². The van der Waals surface area contributed by atoms with Gasteiger partial charge in [-0.25, -0.2) is 4.79 Å². The Hall–Kier alpha value is -1.95. The van der Waals surface area contributed by atoms with Crippen molar-refractivity contribution in [1.82, 2.24) is 4.90 Å². The van der Waals surface area contributed by atoms with Crippen molar-refractivity contribution < 1.29 is 13.9 Å². The lowest BCUT2D eigenvalue weighted by Gasteiger charge is -2.18. The molecule has 21 heavy (non-hydrogen) atoms. The number of ether oxygens (including phenoxy) is 1. The second-order valence-electron chi connectivity index (χ2n) is 4.70. The largest absolute Gasteiger partial charge is 0.495 e. The van der Waals surface area contributed by atoms with E-state index < -0.39 is 0 Å². The number of nitrogens with one attached hydrogen (secondary N) is 1. The topological polar surface area (TPSA) is 54.7 Å². The monoisotopic (exact) mass is 352 g/mol. The third kappa shape index (κ3) is 4.01. The molecule has 0 unspecified atom stereocenters. The molecule has 2 aromatic rings. The Balaban J connectivity index is 2.05. The second kappa shape index (κ2) is 6.67. The quantitative estimate of drug-likeness (QED) is 0.903. The molecule has 1 aromatic heterocycles. The SMILES string of the molecule is COc1ccc(C)cc1NC(=O)N(C)Cc1ccc(Br)o1. The maximum absolute atomic E-state index is 12.2. The lowest BCUT2D eigenvalue weighted by atomic mass is 10.2. The summed E-state index contributed by atoms with van der Waals surface area (Å²) < 4.78 is 11.3. The molecule has 1 heterocycles. The number of halogens is 1. The summed E-state index contributed by atoms with van der Waals surface area (Å²) in [6.45, 7) is 2.34. The van der Waals surface area contributed by atoms with Crippen molar-refractivity contribution in [1.29, 1.82) is 0 Å². The summed E-state index contributed by atoms with van der Waals surface area (Å²) in [5.41, 5.74) is 1.69. The van der Waals surface area contributed by atoms with Gasteiger partial charge in [-0.1, -0.05) is 6.07 Å². The Kier molecular flexibility index (Phi) is 4.90. The van der Waals surface area contributed by atoms with Gasteiger partial charge in [-0.15, -0.1) is 0 Å². The predicted octanol–water partition coefficient (Wildman–Crippen LogP) is 4.02. The molecule has 0 atom stereocenters. The zero-order chi connectivity index (χ0) is 15.4. The van der Waals surface area contributed by atoms with Crippen molar-refractivity contribution in [2.45, 2.75) is 13.5 Å². The molecule has 0 bridgehead atoms. The van der Waals surface area contributed by atoms with Crippen molar-refractivity contribution >= 4 is 27.6 Å². The van der Waals surface area contributed by atoms with Crippen molar-refractivity contribution in [3.63, 3.8) is 0 Å². The fourth-order valence-electron chi connectivity index (χ4n) is 1.87. The summed E-state index contributed by atoms with van der Waals surface area (Å²) >= 11 is 3.24. The first-order chi connectivity index (χ1) is 9.99. The van der Waals surface area contributed by atoms with Crippen LogP contribution in [0.25, 0.3) is 0 Å². The van der Waals surface area contributed by atoms with Crippen molar-refractivity contribution in [3.05, 3.63) is 46.3 Å². The van der Waals surface area contributed by atoms with Gasteiger partial charge < -0.3 is 19.4 Å². The number of furan rings is 1. The smallest absolute Gasteiger partial charge is 0.322 e. The molecule has 2 amide bonds. The molecule has 0 saturated heterocycles. The fourth-order valence-corrected chi connectivity index (χ4v) is 2.21. The summed E-state index contributed by atoms with van der Waals surface area (Å²) in [5, 5.41) is 2.84. The van der Waals surface area contributed by atoms with Gasteiger partial charge in [-0.3, -0.25) is 0 Å². The Morgan fingerprint density at radius 3 is 2.76 bits per heavy atom. The third-order valence-electron chi connectivity index (χ3n) is 2.97. The van der Waals surface area contributed by atoms with E-state index >= 15 is 0 Å². The first-order valence-corrected chi connectivity index (χ1v) is 7.20. The molecule has 0 aliphatic carbocycles. The summed E-state index contributed by atoms with van der Waals surface area (Å²) in [6, 6.07) is 9.01. The van der Waals surface area contributed by atoms with Crippen LogP contribution in [-0.2, 0) is 6.54 Å². The summed E-state index contributed by atoms with van der Waals surface area (Å²) in [6.07, 6.45) is 0. The zero-order valence-corrected chi connectivity index (χ0v) is 13.7. The molecule has 1 N–H and O–H groups in total. The van der Waals surface area contributed by atoms with Crippen LogP contribution >= 0.6 is 15.9 Å². The van der Waals surface area contributed by atoms with Gasteiger partial charge in [0.2, 0.25) is 0 Å². The van der Waals surface area contributed by atoms with Gasteiger partial charge in [-0.2, -0.15) is 0 Å². The van der Waals surface area contributed by atoms with Crippen LogP contribution in [0.5, 0.6) is 5.75 Å². The minimum atomic E-state index is -0.230. The molecule has 0 fully saturated rings. The van der Waals surface area contributed by atoms with E-state index in [0.717, 1.165) is 5.56 Å². The molecule has 0 aliphatic heterocycles. The van der Waals surface area contributed by atoms with Crippen LogP contribution in [0.3, 0.4) is 0 Å². The number of rotatable bonds is 4. The normalized spacial score (nSPS) is 10.3. The average molecular weight is 353 g/mol. The van der Waals surface area contributed by atoms with E-state index in [1.807, 2.05) is 31.2 Å². The number of hydrogen-bond acceptors (Lipinski definition) is 3. The van der Waals surface area contributed by atoms with Crippen molar-refractivity contribution in [3.8, 4) is 5.75 Å². The zero-order valence-electron chi connectivity index (χ0n) is 12.1. The molecule has 6 heteroatoms. The number of hydrogen-bond donors (Lipinski definition) is 1. The number of aryl methyl sites for hydroxylation is 1. The molecule has 2 rings (SSSR count). The third-order valence-corrected chi connectivity index (χ3v) is 3.39. The number of amides is 2. The summed E-state index contributed by atoms with van der Waals surface area (Å²) in [7, 11) is 3.28. The number of benzene rings is 1. The molecule has 112 valence electrons. The van der Waals surface area contributed by atoms with Crippen LogP contribution in [0.1, 0.15) is 11.3 Å². The average Bonchev–Trinajstić information content (AvgIpc) is 2.84. The van der Waals surface area contributed by atoms with Gasteiger partial charge in [0, 0.05) is 7.05 Å². The minimum Gasteiger partial charge on any atom is -0.495 e. The highest BCUT2D eigenvalue weighted by molar-refractivity contribution is 9.10. The Bertz CT molecular complexity index is 640. The number of anilines is 1. The lowest BCUT2D eigenvalue weighted by molar-refractivity contribution is 0.216. The van der Waals surface area contributed by atoms with E-state index in [2.05, 4.69) is 21.2 Å². The van der Waals surface area contributed by atoms with Crippen LogP contribution < -0.4 is 10.1 Å². The number of methoxy groups -OCH3 is 1. The minimum absolute atomic E-state index is 0.230. The molecule has 0 spiro atoms. The molecule has 0 aliphatic rings. The Morgan fingerprint density at radius 1 is 1.38 bits per heavy atom. The van der Waals surface area contributed by atoms with E-state index in [1.54, 1.807) is 20.2 Å². The number of carbonyl (C=O) groups is 1. The standard InChI is InChI=1S/C15H17BrN2O3/c1-10-4-6-13(20-3)12(8-10)17-15(19)18(2)9-11-5-7-14(16)21-11/h4-8H,9H2,1-3H3,(H,17,19). The second-order valence-corrected chi connectivity index (χ2v) is 5.48. The first kappa shape index (κ1) is 15.4. The van der Waals surface area contributed by atoms with Gasteiger partial charge in [0.05, 0.1) is 19.3 Å². The van der Waals surface area contributed by atoms with Crippen molar-refractivity contribution in [2.75, 3.05) is 19.5 Å². The molecular formula is C15H17BrN2O3. The van der Waals surface area contributed by atoms with Crippen molar-refractivity contribution in [2.24, 2.45) is 0 Å². The van der Waals surface area contributed by atoms with Gasteiger partial charge >= 0.3 is 6.03 Å². The van der Waals surface area contributed by atoms with Crippen LogP contribution in [0.4, 0.5) is 10.5 Å². The van der Waals surface area contributed by atoms with Crippen LogP contribution in [0, 0.1) is 6.92 Å². The van der Waals surface area contributed by atoms with E-state index in [9.17, 15) is 4.79 Å². The predicted molar refractivity (Wildman–Crippen MR) is 84.6 cm³/mol. The van der Waals surface area contributed by atoms with E-state index in [0.29, 0.717) is 28.4 Å². The van der Waals surface area contributed by atoms with Gasteiger partial charge in [0.25, 0.3) is 0 Å². The van der Waals surface area contributed by atoms with E-state index in [-0.39, 0.29) is 6.03 Å². The highest BCUT2D eigenvalue weighted by Gasteiger charge is 2.13. The molecular weight excluding hydrogens is 336 g/mol. The molecule has 0 radical (unpaired) electrons. The van der Waals surface area contributed by atoms with E-state index in [4.69, 9.17) is 9.15 Å². The molecule has 0 saturated carbocycles. The van der Waals surface area contributed by atoms with Gasteiger partial charge in [0.15, 0.2) is 4.67 Å². The van der Waals surface area contributed by atoms with Crippen LogP contribution in [-0.4, -0.2) is 25.1 Å². The highest BCUT2D eigenvalue weighted by Crippen LogP contribution is 2.25. The lowest BCUT2D eigenvalue weighted by Crippen LogP contribution is -2.30. The van der Waals surface area contributed by atoms with Gasteiger partial charge in [-0.05, 0) is 52.7 Å². The Labute approximate surface area is 132 Å². The summed E-state index contributed by atoms with van der Waals surface area (Å²) in [5.74, 6) is 1.33. The van der Waals surface area contributed by atoms with Crippen LogP contribution in [0.15, 0.2) is 39.4 Å². The number of urea groups is 1. The number of carbonyl (C=O) groups excluding carboxylic acids is 1. The Morgan fingerprint density at radius 2 is 2.14 bits per heavy atom. The molecule has 5 nitrogen and oxygen atoms in total. The molecule has 1 aromatic carbocycles. The fraction of sp³-hybridized carbons (Fsp3) is 0.267. The first-order valence-electron chi connectivity index (χ1n) is 6.40. The maximum Gasteiger partial charge on any atom is 0.322 e. The maximum atomic E-state index is 12.2.